The van der Waals surface area contributed by atoms with Gasteiger partial charge in [-0.25, -0.2) is 4.79 Å². The fourth-order valence-corrected chi connectivity index (χ4v) is 1.97. The Bertz CT molecular complexity index is 827. The first-order valence-corrected chi connectivity index (χ1v) is 6.46. The number of carbonyl (C=O) groups excluding carboxylic acids is 1. The lowest BCUT2D eigenvalue weighted by Gasteiger charge is -2.07. The van der Waals surface area contributed by atoms with Crippen LogP contribution in [-0.4, -0.2) is 32.1 Å². The average Bonchev–Trinajstić information content (AvgIpc) is 2.95. The van der Waals surface area contributed by atoms with Crippen LogP contribution in [0.25, 0.3) is 6.08 Å². The monoisotopic (exact) mass is 309 g/mol. The summed E-state index contributed by atoms with van der Waals surface area (Å²) in [6.45, 7) is 0. The normalized spacial score (nSPS) is 15.6. The molecule has 110 valence electrons. The van der Waals surface area contributed by atoms with Crippen LogP contribution in [0, 0.1) is 0 Å². The summed E-state index contributed by atoms with van der Waals surface area (Å²) in [5.74, 6) is -0.921. The van der Waals surface area contributed by atoms with Crippen LogP contribution < -0.4 is 11.2 Å². The second-order valence-electron chi connectivity index (χ2n) is 4.43. The van der Waals surface area contributed by atoms with Crippen molar-refractivity contribution < 1.29 is 9.90 Å². The van der Waals surface area contributed by atoms with Gasteiger partial charge in [-0.1, -0.05) is 0 Å². The maximum atomic E-state index is 12.0. The minimum atomic E-state index is -0.649. The summed E-state index contributed by atoms with van der Waals surface area (Å²) in [6, 6.07) is 0. The fourth-order valence-electron chi connectivity index (χ4n) is 1.82. The minimum Gasteiger partial charge on any atom is -0.494 e. The van der Waals surface area contributed by atoms with Gasteiger partial charge in [0.2, 0.25) is 5.88 Å². The van der Waals surface area contributed by atoms with Crippen LogP contribution in [0.2, 0.25) is 0 Å². The number of hydrogen-bond donors (Lipinski definition) is 1. The van der Waals surface area contributed by atoms with Crippen molar-refractivity contribution in [2.45, 2.75) is 0 Å². The molecule has 0 amide bonds. The predicted octanol–water partition coefficient (Wildman–Crippen LogP) is -0.0508. The molecule has 0 aliphatic carbocycles. The average molecular weight is 310 g/mol. The number of allylic oxidation sites excluding steroid dienone is 2. The van der Waals surface area contributed by atoms with E-state index in [1.54, 1.807) is 0 Å². The highest BCUT2D eigenvalue weighted by Crippen LogP contribution is 2.18. The van der Waals surface area contributed by atoms with Crippen LogP contribution in [0.1, 0.15) is 5.56 Å². The first-order chi connectivity index (χ1) is 9.86. The van der Waals surface area contributed by atoms with Crippen molar-refractivity contribution in [2.24, 2.45) is 19.1 Å². The molecule has 1 aliphatic heterocycles. The zero-order chi connectivity index (χ0) is 15.7. The first-order valence-electron chi connectivity index (χ1n) is 5.92. The van der Waals surface area contributed by atoms with E-state index in [2.05, 4.69) is 4.99 Å². The Kier molecular flexibility index (Phi) is 3.95. The van der Waals surface area contributed by atoms with Gasteiger partial charge < -0.3 is 5.11 Å². The van der Waals surface area contributed by atoms with E-state index in [1.807, 2.05) is 0 Å². The largest absolute Gasteiger partial charge is 0.494 e. The Morgan fingerprint density at radius 3 is 2.67 bits per heavy atom. The summed E-state index contributed by atoms with van der Waals surface area (Å²) in [7, 11) is 2.65. The van der Waals surface area contributed by atoms with Gasteiger partial charge >= 0.3 is 5.69 Å². The summed E-state index contributed by atoms with van der Waals surface area (Å²) in [5.41, 5.74) is -0.735. The maximum absolute atomic E-state index is 12.0. The molecule has 0 spiro atoms. The molecule has 0 saturated heterocycles. The number of ketones is 1. The Morgan fingerprint density at radius 1 is 1.38 bits per heavy atom. The minimum absolute atomic E-state index is 0.0810. The predicted molar refractivity (Wildman–Crippen MR) is 78.9 cm³/mol. The SMILES string of the molecule is Cn1c(O)c(/C=C2/C=C(C(=O)CCl)C=N2)c(=O)n(C)c1=O. The number of nitrogens with zero attached hydrogens (tertiary/aromatic N) is 3. The third-order valence-corrected chi connectivity index (χ3v) is 3.30. The number of alkyl halides is 1. The summed E-state index contributed by atoms with van der Waals surface area (Å²) >= 11 is 5.45. The number of aromatic nitrogens is 2. The molecule has 0 atom stereocenters. The smallest absolute Gasteiger partial charge is 0.333 e. The van der Waals surface area contributed by atoms with E-state index >= 15 is 0 Å². The Morgan fingerprint density at radius 2 is 2.05 bits per heavy atom. The first kappa shape index (κ1) is 15.0. The summed E-state index contributed by atoms with van der Waals surface area (Å²) < 4.78 is 1.82. The van der Waals surface area contributed by atoms with Crippen molar-refractivity contribution in [2.75, 3.05) is 5.88 Å². The van der Waals surface area contributed by atoms with Crippen LogP contribution >= 0.6 is 11.6 Å². The molecule has 8 heteroatoms. The van der Waals surface area contributed by atoms with Crippen molar-refractivity contribution in [1.82, 2.24) is 9.13 Å². The molecule has 2 rings (SSSR count). The van der Waals surface area contributed by atoms with Crippen LogP contribution in [0.3, 0.4) is 0 Å². The Balaban J connectivity index is 2.57. The number of aliphatic imine (C=N–C) groups is 1. The fraction of sp³-hybridized carbons (Fsp3) is 0.231. The molecule has 0 unspecified atom stereocenters. The van der Waals surface area contributed by atoms with Gasteiger partial charge in [0.1, 0.15) is 5.56 Å². The summed E-state index contributed by atoms with van der Waals surface area (Å²) in [5, 5.41) is 9.91. The van der Waals surface area contributed by atoms with Gasteiger partial charge in [0.25, 0.3) is 5.56 Å². The van der Waals surface area contributed by atoms with Crippen LogP contribution in [0.5, 0.6) is 5.88 Å². The highest BCUT2D eigenvalue weighted by atomic mass is 35.5. The van der Waals surface area contributed by atoms with Gasteiger partial charge in [-0.2, -0.15) is 0 Å². The summed E-state index contributed by atoms with van der Waals surface area (Å²) in [6.07, 6.45) is 4.09. The van der Waals surface area contributed by atoms with Gasteiger partial charge in [0.15, 0.2) is 5.78 Å². The van der Waals surface area contributed by atoms with E-state index in [-0.39, 0.29) is 17.2 Å². The van der Waals surface area contributed by atoms with Crippen molar-refractivity contribution >= 4 is 29.7 Å². The number of Topliss-reactive ketones (excluding diaryl/α,β-unsaturated/α-hetero) is 1. The summed E-state index contributed by atoms with van der Waals surface area (Å²) in [4.78, 5) is 39.0. The lowest BCUT2D eigenvalue weighted by molar-refractivity contribution is -0.112. The maximum Gasteiger partial charge on any atom is 0.333 e. The number of aromatic hydroxyl groups is 1. The molecule has 7 nitrogen and oxygen atoms in total. The topological polar surface area (TPSA) is 93.7 Å². The molecule has 1 N–H and O–H groups in total. The molecule has 1 aliphatic rings. The zero-order valence-corrected chi connectivity index (χ0v) is 12.1. The van der Waals surface area contributed by atoms with E-state index in [0.29, 0.717) is 11.3 Å². The van der Waals surface area contributed by atoms with E-state index in [1.165, 1.54) is 32.5 Å². The van der Waals surface area contributed by atoms with Crippen molar-refractivity contribution in [1.29, 1.82) is 0 Å². The molecule has 21 heavy (non-hydrogen) atoms. The van der Waals surface area contributed by atoms with Gasteiger partial charge in [0, 0.05) is 25.9 Å². The molecule has 0 saturated carbocycles. The number of hydrogen-bond acceptors (Lipinski definition) is 5. The second kappa shape index (κ2) is 5.53. The lowest BCUT2D eigenvalue weighted by Crippen LogP contribution is -2.37. The van der Waals surface area contributed by atoms with E-state index in [0.717, 1.165) is 9.13 Å². The molecular formula is C13H12ClN3O4. The van der Waals surface area contributed by atoms with Gasteiger partial charge in [-0.05, 0) is 12.2 Å². The highest BCUT2D eigenvalue weighted by molar-refractivity contribution is 6.34. The molecule has 1 aromatic heterocycles. The number of carbonyl (C=O) groups is 1. The third-order valence-electron chi connectivity index (χ3n) is 3.06. The highest BCUT2D eigenvalue weighted by Gasteiger charge is 2.16. The second-order valence-corrected chi connectivity index (χ2v) is 4.69. The standard InChI is InChI=1S/C13H12ClN3O4/c1-16-11(19)9(12(20)17(2)13(16)21)4-8-3-7(6-15-8)10(18)5-14/h3-4,6,19H,5H2,1-2H3/b8-4-. The molecule has 0 radical (unpaired) electrons. The third kappa shape index (κ3) is 2.59. The van der Waals surface area contributed by atoms with Crippen LogP contribution in [0.15, 0.2) is 31.9 Å². The molecule has 0 bridgehead atoms. The van der Waals surface area contributed by atoms with Gasteiger partial charge in [-0.15, -0.1) is 11.6 Å². The Hall–Kier alpha value is -2.41. The zero-order valence-electron chi connectivity index (χ0n) is 11.3. The quantitative estimate of drug-likeness (QED) is 0.792. The molecule has 2 heterocycles. The van der Waals surface area contributed by atoms with Crippen LogP contribution in [0.4, 0.5) is 0 Å². The number of halogens is 1. The van der Waals surface area contributed by atoms with Gasteiger partial charge in [0.05, 0.1) is 11.6 Å². The molecule has 0 aromatic carbocycles. The van der Waals surface area contributed by atoms with Crippen molar-refractivity contribution in [3.63, 3.8) is 0 Å². The van der Waals surface area contributed by atoms with Gasteiger partial charge in [-0.3, -0.25) is 23.7 Å². The van der Waals surface area contributed by atoms with Crippen molar-refractivity contribution in [3.8, 4) is 5.88 Å². The van der Waals surface area contributed by atoms with E-state index in [4.69, 9.17) is 11.6 Å². The van der Waals surface area contributed by atoms with Crippen molar-refractivity contribution in [3.05, 3.63) is 43.7 Å². The Labute approximate surface area is 124 Å². The lowest BCUT2D eigenvalue weighted by atomic mass is 10.2. The van der Waals surface area contributed by atoms with Crippen LogP contribution in [-0.2, 0) is 18.9 Å². The molecular weight excluding hydrogens is 298 g/mol. The molecule has 1 aromatic rings. The number of rotatable bonds is 3. The van der Waals surface area contributed by atoms with E-state index < -0.39 is 17.1 Å². The van der Waals surface area contributed by atoms with E-state index in [9.17, 15) is 19.5 Å². The molecule has 0 fully saturated rings.